The zero-order valence-electron chi connectivity index (χ0n) is 17.5. The topological polar surface area (TPSA) is 35.2 Å². The fourth-order valence-corrected chi connectivity index (χ4v) is 1.35. The smallest absolute Gasteiger partial charge is 0.0626 e. The maximum atomic E-state index is 8.05. The van der Waals surface area contributed by atoms with Gasteiger partial charge in [0.15, 0.2) is 0 Å². The minimum absolute atomic E-state index is 0.204. The Labute approximate surface area is 99.1 Å². The lowest BCUT2D eigenvalue weighted by atomic mass is 9.88. The van der Waals surface area contributed by atoms with Gasteiger partial charge in [0.1, 0.15) is 0 Å². The lowest BCUT2D eigenvalue weighted by Gasteiger charge is -2.24. The molecular weight excluding hydrogens is 174 g/mol. The highest BCUT2D eigenvalue weighted by atomic mass is 16.5. The molecule has 2 heteroatoms. The molecule has 1 aliphatic heterocycles. The van der Waals surface area contributed by atoms with Gasteiger partial charge in [-0.05, 0) is 29.9 Å². The van der Waals surface area contributed by atoms with E-state index in [-0.39, 0.29) is 18.4 Å². The quantitative estimate of drug-likeness (QED) is 0.794. The summed E-state index contributed by atoms with van der Waals surface area (Å²) in [7, 11) is 0. The first-order valence-corrected chi connectivity index (χ1v) is 4.26. The van der Waals surface area contributed by atoms with E-state index in [1.165, 1.54) is 0 Å². The second-order valence-corrected chi connectivity index (χ2v) is 2.93. The number of rotatable bonds is 2. The molecule has 1 aromatic rings. The van der Waals surface area contributed by atoms with Crippen molar-refractivity contribution in [2.45, 2.75) is 25.3 Å². The van der Waals surface area contributed by atoms with Gasteiger partial charge >= 0.3 is 0 Å². The first kappa shape index (κ1) is 3.32. The molecule has 0 saturated carbocycles. The third-order valence-electron chi connectivity index (χ3n) is 2.07. The summed E-state index contributed by atoms with van der Waals surface area (Å²) in [5.74, 6) is -1.02. The molecule has 1 aliphatic rings. The van der Waals surface area contributed by atoms with Gasteiger partial charge in [0.2, 0.25) is 0 Å². The number of hydrogen-bond donors (Lipinski definition) is 1. The zero-order chi connectivity index (χ0) is 18.7. The van der Waals surface area contributed by atoms with Crippen molar-refractivity contribution in [2.75, 3.05) is 13.1 Å². The molecule has 0 amide bonds. The first-order valence-electron chi connectivity index (χ1n) is 9.26. The van der Waals surface area contributed by atoms with Gasteiger partial charge in [-0.2, -0.15) is 0 Å². The average Bonchev–Trinajstić information content (AvgIpc) is 2.35. The number of nitrogens with two attached hydrogens (primary N) is 1. The second-order valence-electron chi connectivity index (χ2n) is 2.93. The summed E-state index contributed by atoms with van der Waals surface area (Å²) in [6.45, 7) is -7.31. The van der Waals surface area contributed by atoms with Crippen LogP contribution in [0.4, 0.5) is 0 Å². The monoisotopic (exact) mass is 201 g/mol. The van der Waals surface area contributed by atoms with E-state index in [1.807, 2.05) is 0 Å². The van der Waals surface area contributed by atoms with Crippen molar-refractivity contribution in [3.63, 3.8) is 0 Å². The molecule has 1 fully saturated rings. The Morgan fingerprint density at radius 3 is 2.93 bits per heavy atom. The summed E-state index contributed by atoms with van der Waals surface area (Å²) in [6, 6.07) is -2.44. The first-order chi connectivity index (χ1) is 10.7. The van der Waals surface area contributed by atoms with Crippen molar-refractivity contribution >= 4 is 0 Å². The SMILES string of the molecule is [2H]c1c([2H])c([2H])c(C([2H])([2H])N)c(C2CC([2H])([2H])OC([2H])([2H])C2)c1[2H]. The molecule has 0 aromatic heterocycles. The molecule has 0 bridgehead atoms. The molecule has 2 nitrogen and oxygen atoms in total. The van der Waals surface area contributed by atoms with Gasteiger partial charge in [-0.3, -0.25) is 0 Å². The Hall–Kier alpha value is -0.860. The van der Waals surface area contributed by atoms with Crippen LogP contribution in [0, 0.1) is 0 Å². The lowest BCUT2D eigenvalue weighted by Crippen LogP contribution is -2.16. The zero-order valence-corrected chi connectivity index (χ0v) is 7.48. The molecular formula is C12H17NO. The van der Waals surface area contributed by atoms with Crippen LogP contribution in [-0.4, -0.2) is 13.1 Å². The van der Waals surface area contributed by atoms with Crippen LogP contribution in [0.5, 0.6) is 0 Å². The summed E-state index contributed by atoms with van der Waals surface area (Å²) in [4.78, 5) is 0. The standard InChI is InChI=1S/C12H17NO/c13-9-11-3-1-2-4-12(11)10-5-7-14-8-6-10/h1-4,10H,5-9,13H2/i1D,2D,3D,4D,7D2,8D2,9D2. The Morgan fingerprint density at radius 2 is 2.21 bits per heavy atom. The highest BCUT2D eigenvalue weighted by Crippen LogP contribution is 2.28. The van der Waals surface area contributed by atoms with E-state index in [1.54, 1.807) is 0 Å². The number of ether oxygens (including phenoxy) is 1. The van der Waals surface area contributed by atoms with Crippen LogP contribution < -0.4 is 5.73 Å². The van der Waals surface area contributed by atoms with Crippen LogP contribution in [0.2, 0.25) is 0 Å². The summed E-state index contributed by atoms with van der Waals surface area (Å²) >= 11 is 0. The Kier molecular flexibility index (Phi) is 1.09. The highest BCUT2D eigenvalue weighted by molar-refractivity contribution is 5.30. The summed E-state index contributed by atoms with van der Waals surface area (Å²) in [5, 5.41) is 0. The molecule has 0 unspecified atom stereocenters. The van der Waals surface area contributed by atoms with E-state index in [2.05, 4.69) is 0 Å². The number of hydrogen-bond acceptors (Lipinski definition) is 2. The minimum atomic E-state index is -2.59. The van der Waals surface area contributed by atoms with Crippen molar-refractivity contribution in [3.05, 3.63) is 35.3 Å². The highest BCUT2D eigenvalue weighted by Gasteiger charge is 2.17. The van der Waals surface area contributed by atoms with Gasteiger partial charge < -0.3 is 10.5 Å². The van der Waals surface area contributed by atoms with Gasteiger partial charge in [-0.15, -0.1) is 0 Å². The molecule has 1 saturated heterocycles. The third-order valence-corrected chi connectivity index (χ3v) is 2.07. The molecule has 1 aromatic carbocycles. The van der Waals surface area contributed by atoms with Crippen LogP contribution in [0.25, 0.3) is 0 Å². The average molecular weight is 201 g/mol. The van der Waals surface area contributed by atoms with Gasteiger partial charge in [-0.1, -0.05) is 24.2 Å². The van der Waals surface area contributed by atoms with Gasteiger partial charge in [-0.25, -0.2) is 0 Å². The van der Waals surface area contributed by atoms with E-state index >= 15 is 0 Å². The summed E-state index contributed by atoms with van der Waals surface area (Å²) in [5.41, 5.74) is 4.77. The molecule has 1 heterocycles. The number of benzene rings is 1. The normalized spacial score (nSPS) is 36.9. The van der Waals surface area contributed by atoms with Gasteiger partial charge in [0.05, 0.1) is 11.0 Å². The molecule has 2 rings (SSSR count). The van der Waals surface area contributed by atoms with Crippen LogP contribution in [0.1, 0.15) is 43.6 Å². The molecule has 0 spiro atoms. The largest absolute Gasteiger partial charge is 0.381 e. The summed E-state index contributed by atoms with van der Waals surface area (Å²) < 4.78 is 82.3. The maximum Gasteiger partial charge on any atom is 0.0626 e. The van der Waals surface area contributed by atoms with Crippen molar-refractivity contribution in [1.29, 1.82) is 0 Å². The van der Waals surface area contributed by atoms with Crippen molar-refractivity contribution in [2.24, 2.45) is 5.73 Å². The Balaban J connectivity index is 2.74. The molecule has 0 aliphatic carbocycles. The van der Waals surface area contributed by atoms with E-state index in [4.69, 9.17) is 24.2 Å². The second kappa shape index (κ2) is 4.58. The van der Waals surface area contributed by atoms with Crippen LogP contribution in [0.3, 0.4) is 0 Å². The Bertz CT molecular complexity index is 653. The maximum absolute atomic E-state index is 8.05. The predicted octanol–water partition coefficient (Wildman–Crippen LogP) is 2.04. The van der Waals surface area contributed by atoms with Crippen molar-refractivity contribution < 1.29 is 18.4 Å². The van der Waals surface area contributed by atoms with Gasteiger partial charge in [0.25, 0.3) is 0 Å². The lowest BCUT2D eigenvalue weighted by molar-refractivity contribution is 0.0851. The minimum Gasteiger partial charge on any atom is -0.381 e. The van der Waals surface area contributed by atoms with Crippen LogP contribution >= 0.6 is 0 Å². The van der Waals surface area contributed by atoms with E-state index in [0.29, 0.717) is 0 Å². The predicted molar refractivity (Wildman–Crippen MR) is 57.1 cm³/mol. The van der Waals surface area contributed by atoms with Gasteiger partial charge in [0, 0.05) is 22.4 Å². The van der Waals surface area contributed by atoms with E-state index in [0.717, 1.165) is 0 Å². The fraction of sp³-hybridized carbons (Fsp3) is 0.500. The fourth-order valence-electron chi connectivity index (χ4n) is 1.35. The van der Waals surface area contributed by atoms with E-state index < -0.39 is 55.3 Å². The van der Waals surface area contributed by atoms with Crippen LogP contribution in [-0.2, 0) is 11.2 Å². The molecule has 76 valence electrons. The van der Waals surface area contributed by atoms with Crippen LogP contribution in [0.15, 0.2) is 24.2 Å². The van der Waals surface area contributed by atoms with Crippen molar-refractivity contribution in [3.8, 4) is 0 Å². The molecule has 0 atom stereocenters. The third kappa shape index (κ3) is 1.97. The van der Waals surface area contributed by atoms with Crippen molar-refractivity contribution in [1.82, 2.24) is 0 Å². The summed E-state index contributed by atoms with van der Waals surface area (Å²) in [6.07, 6.45) is -0.755. The molecule has 14 heavy (non-hydrogen) atoms. The Morgan fingerprint density at radius 1 is 1.50 bits per heavy atom. The molecule has 2 N–H and O–H groups in total. The molecule has 0 radical (unpaired) electrons. The van der Waals surface area contributed by atoms with E-state index in [9.17, 15) is 0 Å².